The number of nitrogens with zero attached hydrogens (tertiary/aromatic N) is 2. The molecule has 0 saturated carbocycles. The zero-order valence-electron chi connectivity index (χ0n) is 12.8. The van der Waals surface area contributed by atoms with Crippen molar-refractivity contribution in [3.05, 3.63) is 47.7 Å². The molecule has 0 saturated heterocycles. The van der Waals surface area contributed by atoms with Crippen LogP contribution in [-0.4, -0.2) is 23.3 Å². The largest absolute Gasteiger partial charge is 0.416 e. The molecule has 0 spiro atoms. The van der Waals surface area contributed by atoms with Gasteiger partial charge < -0.3 is 10.2 Å². The Morgan fingerprint density at radius 2 is 2.17 bits per heavy atom. The molecule has 1 unspecified atom stereocenters. The molecule has 1 amide bonds. The van der Waals surface area contributed by atoms with E-state index in [0.717, 1.165) is 12.1 Å². The number of aliphatic imine (C=N–C) groups is 1. The van der Waals surface area contributed by atoms with Crippen molar-refractivity contribution in [3.8, 4) is 0 Å². The van der Waals surface area contributed by atoms with E-state index < -0.39 is 18.0 Å². The number of benzene rings is 1. The molecule has 4 nitrogen and oxygen atoms in total. The van der Waals surface area contributed by atoms with Crippen LogP contribution in [-0.2, 0) is 11.0 Å². The van der Waals surface area contributed by atoms with E-state index in [1.165, 1.54) is 6.07 Å². The molecule has 0 fully saturated rings. The van der Waals surface area contributed by atoms with Gasteiger partial charge in [0.25, 0.3) is 0 Å². The molecular weight excluding hydrogens is 307 g/mol. The molecule has 7 heteroatoms. The van der Waals surface area contributed by atoms with Gasteiger partial charge in [0, 0.05) is 18.8 Å². The van der Waals surface area contributed by atoms with Crippen molar-refractivity contribution in [2.24, 2.45) is 4.99 Å². The van der Waals surface area contributed by atoms with E-state index in [0.29, 0.717) is 12.0 Å². The van der Waals surface area contributed by atoms with Crippen LogP contribution in [0.25, 0.3) is 0 Å². The maximum Gasteiger partial charge on any atom is 0.416 e. The van der Waals surface area contributed by atoms with Gasteiger partial charge in [-0.2, -0.15) is 13.2 Å². The van der Waals surface area contributed by atoms with Crippen LogP contribution in [0.15, 0.2) is 41.5 Å². The molecule has 2 atom stereocenters. The molecule has 124 valence electrons. The van der Waals surface area contributed by atoms with Crippen LogP contribution >= 0.6 is 0 Å². The number of alkyl halides is 3. The van der Waals surface area contributed by atoms with Crippen molar-refractivity contribution in [3.63, 3.8) is 0 Å². The summed E-state index contributed by atoms with van der Waals surface area (Å²) in [7, 11) is 0. The van der Waals surface area contributed by atoms with Gasteiger partial charge >= 0.3 is 6.18 Å². The zero-order chi connectivity index (χ0) is 17.0. The molecule has 0 bridgehead atoms. The summed E-state index contributed by atoms with van der Waals surface area (Å²) in [5, 5.41) is 2.73. The molecule has 1 aromatic rings. The quantitative estimate of drug-likeness (QED) is 0.921. The summed E-state index contributed by atoms with van der Waals surface area (Å²) in [5.41, 5.74) is -0.196. The monoisotopic (exact) mass is 325 g/mol. The molecule has 23 heavy (non-hydrogen) atoms. The lowest BCUT2D eigenvalue weighted by Crippen LogP contribution is -2.46. The summed E-state index contributed by atoms with van der Waals surface area (Å²) >= 11 is 0. The van der Waals surface area contributed by atoms with E-state index in [4.69, 9.17) is 0 Å². The number of halogens is 3. The van der Waals surface area contributed by atoms with Gasteiger partial charge in [-0.15, -0.1) is 0 Å². The Morgan fingerprint density at radius 3 is 2.83 bits per heavy atom. The predicted octanol–water partition coefficient (Wildman–Crippen LogP) is 3.48. The van der Waals surface area contributed by atoms with Crippen LogP contribution in [0.2, 0.25) is 0 Å². The van der Waals surface area contributed by atoms with Crippen LogP contribution in [0.1, 0.15) is 37.4 Å². The Balaban J connectivity index is 2.24. The summed E-state index contributed by atoms with van der Waals surface area (Å²) in [5.74, 6) is -0.177. The lowest BCUT2D eigenvalue weighted by atomic mass is 10.0. The number of carbonyl (C=O) groups excluding carboxylic acids is 1. The normalized spacial score (nSPS) is 18.8. The van der Waals surface area contributed by atoms with Crippen molar-refractivity contribution < 1.29 is 18.0 Å². The first kappa shape index (κ1) is 17.1. The Labute approximate surface area is 132 Å². The number of allylic oxidation sites excluding steroid dienone is 1. The van der Waals surface area contributed by atoms with Crippen LogP contribution in [0.3, 0.4) is 0 Å². The third-order valence-electron chi connectivity index (χ3n) is 3.61. The maximum absolute atomic E-state index is 12.9. The number of hydrogen-bond acceptors (Lipinski definition) is 3. The number of rotatable bonds is 4. The van der Waals surface area contributed by atoms with E-state index in [1.807, 2.05) is 0 Å². The molecular formula is C16H18F3N3O. The van der Waals surface area contributed by atoms with Crippen molar-refractivity contribution in [1.29, 1.82) is 0 Å². The fraction of sp³-hybridized carbons (Fsp3) is 0.375. The van der Waals surface area contributed by atoms with Crippen LogP contribution < -0.4 is 5.32 Å². The third-order valence-corrected chi connectivity index (χ3v) is 3.61. The second-order valence-corrected chi connectivity index (χ2v) is 5.18. The van der Waals surface area contributed by atoms with Gasteiger partial charge in [0.1, 0.15) is 0 Å². The Hall–Kier alpha value is -2.31. The lowest BCUT2D eigenvalue weighted by molar-refractivity contribution is -0.137. The Bertz CT molecular complexity index is 625. The smallest absolute Gasteiger partial charge is 0.333 e. The van der Waals surface area contributed by atoms with Crippen molar-refractivity contribution in [1.82, 2.24) is 10.2 Å². The zero-order valence-corrected chi connectivity index (χ0v) is 12.8. The highest BCUT2D eigenvalue weighted by atomic mass is 19.4. The van der Waals surface area contributed by atoms with Gasteiger partial charge in [0.05, 0.1) is 11.6 Å². The summed E-state index contributed by atoms with van der Waals surface area (Å²) in [6.45, 7) is 3.49. The van der Waals surface area contributed by atoms with Crippen LogP contribution in [0, 0.1) is 0 Å². The first-order valence-electron chi connectivity index (χ1n) is 7.27. The average molecular weight is 325 g/mol. The van der Waals surface area contributed by atoms with E-state index in [-0.39, 0.29) is 11.9 Å². The molecule has 2 rings (SSSR count). The van der Waals surface area contributed by atoms with Gasteiger partial charge in [-0.1, -0.05) is 19.1 Å². The SMILES string of the molecule is CCC(=O)N[C@H]1N=CC=CN1C(C)c1cccc(C(F)(F)F)c1. The minimum Gasteiger partial charge on any atom is -0.333 e. The average Bonchev–Trinajstić information content (AvgIpc) is 2.54. The van der Waals surface area contributed by atoms with Crippen molar-refractivity contribution in [2.45, 2.75) is 38.8 Å². The van der Waals surface area contributed by atoms with Crippen LogP contribution in [0.5, 0.6) is 0 Å². The first-order chi connectivity index (χ1) is 10.8. The number of carbonyl (C=O) groups is 1. The second-order valence-electron chi connectivity index (χ2n) is 5.18. The third kappa shape index (κ3) is 4.12. The standard InChI is InChI=1S/C16H18F3N3O/c1-3-14(23)21-15-20-8-5-9-22(15)11(2)12-6-4-7-13(10-12)16(17,18)19/h4-11,15H,3H2,1-2H3,(H,21,23)/t11?,15-/m1/s1. The molecule has 1 aliphatic heterocycles. The van der Waals surface area contributed by atoms with Gasteiger partial charge in [-0.25, -0.2) is 4.99 Å². The van der Waals surface area contributed by atoms with Gasteiger partial charge in [-0.05, 0) is 30.7 Å². The van der Waals surface area contributed by atoms with Gasteiger partial charge in [-0.3, -0.25) is 4.79 Å². The highest BCUT2D eigenvalue weighted by molar-refractivity contribution is 5.77. The summed E-state index contributed by atoms with van der Waals surface area (Å²) < 4.78 is 38.6. The van der Waals surface area contributed by atoms with Crippen LogP contribution in [0.4, 0.5) is 13.2 Å². The number of nitrogens with one attached hydrogen (secondary N) is 1. The predicted molar refractivity (Wildman–Crippen MR) is 81.6 cm³/mol. The van der Waals surface area contributed by atoms with Crippen molar-refractivity contribution in [2.75, 3.05) is 0 Å². The van der Waals surface area contributed by atoms with E-state index in [1.54, 1.807) is 43.3 Å². The summed E-state index contributed by atoms with van der Waals surface area (Å²) in [4.78, 5) is 17.5. The maximum atomic E-state index is 12.9. The Kier molecular flexibility index (Phi) is 5.08. The molecule has 1 N–H and O–H groups in total. The fourth-order valence-electron chi connectivity index (χ4n) is 2.27. The minimum absolute atomic E-state index is 0.177. The molecule has 1 heterocycles. The first-order valence-corrected chi connectivity index (χ1v) is 7.27. The van der Waals surface area contributed by atoms with Gasteiger partial charge in [0.2, 0.25) is 5.91 Å². The minimum atomic E-state index is -4.39. The topological polar surface area (TPSA) is 44.7 Å². The lowest BCUT2D eigenvalue weighted by Gasteiger charge is -2.35. The molecule has 0 aromatic heterocycles. The summed E-state index contributed by atoms with van der Waals surface area (Å²) in [6.07, 6.45) is 0.230. The molecule has 1 aliphatic rings. The molecule has 0 aliphatic carbocycles. The number of hydrogen-bond donors (Lipinski definition) is 1. The van der Waals surface area contributed by atoms with E-state index >= 15 is 0 Å². The molecule has 0 radical (unpaired) electrons. The summed E-state index contributed by atoms with van der Waals surface area (Å²) in [6, 6.07) is 4.79. The van der Waals surface area contributed by atoms with Gasteiger partial charge in [0.15, 0.2) is 6.29 Å². The molecule has 1 aromatic carbocycles. The van der Waals surface area contributed by atoms with E-state index in [2.05, 4.69) is 10.3 Å². The fourth-order valence-corrected chi connectivity index (χ4v) is 2.27. The van der Waals surface area contributed by atoms with E-state index in [9.17, 15) is 18.0 Å². The Morgan fingerprint density at radius 1 is 1.43 bits per heavy atom. The number of amides is 1. The van der Waals surface area contributed by atoms with Crippen molar-refractivity contribution >= 4 is 12.1 Å². The highest BCUT2D eigenvalue weighted by Crippen LogP contribution is 2.32. The second kappa shape index (κ2) is 6.85. The highest BCUT2D eigenvalue weighted by Gasteiger charge is 2.31.